The summed E-state index contributed by atoms with van der Waals surface area (Å²) in [5.74, 6) is -0.134. The molecule has 0 spiro atoms. The van der Waals surface area contributed by atoms with Gasteiger partial charge in [-0.05, 0) is 49.1 Å². The Labute approximate surface area is 155 Å². The molecule has 1 aliphatic carbocycles. The van der Waals surface area contributed by atoms with E-state index in [4.69, 9.17) is 0 Å². The molecule has 26 heavy (non-hydrogen) atoms. The second-order valence-electron chi connectivity index (χ2n) is 6.66. The van der Waals surface area contributed by atoms with Crippen molar-refractivity contribution in [2.24, 2.45) is 0 Å². The summed E-state index contributed by atoms with van der Waals surface area (Å²) < 4.78 is 25.9. The van der Waals surface area contributed by atoms with Crippen molar-refractivity contribution in [2.45, 2.75) is 30.7 Å². The maximum absolute atomic E-state index is 13.1. The summed E-state index contributed by atoms with van der Waals surface area (Å²) in [6.45, 7) is 2.53. The zero-order valence-electron chi connectivity index (χ0n) is 15.3. The van der Waals surface area contributed by atoms with E-state index in [1.807, 2.05) is 24.0 Å². The van der Waals surface area contributed by atoms with Crippen LogP contribution in [0.1, 0.15) is 40.9 Å². The predicted octanol–water partition coefficient (Wildman–Crippen LogP) is 3.09. The van der Waals surface area contributed by atoms with Gasteiger partial charge in [-0.3, -0.25) is 4.79 Å². The van der Waals surface area contributed by atoms with Gasteiger partial charge in [0, 0.05) is 26.2 Å². The average molecular weight is 372 g/mol. The van der Waals surface area contributed by atoms with Gasteiger partial charge in [-0.2, -0.15) is 0 Å². The lowest BCUT2D eigenvalue weighted by atomic mass is 10.1. The van der Waals surface area contributed by atoms with Crippen LogP contribution in [0.4, 0.5) is 0 Å². The van der Waals surface area contributed by atoms with E-state index in [1.165, 1.54) is 37.4 Å². The van der Waals surface area contributed by atoms with Gasteiger partial charge < -0.3 is 4.90 Å². The van der Waals surface area contributed by atoms with E-state index in [1.54, 1.807) is 12.1 Å². The first-order valence-corrected chi connectivity index (χ1v) is 10.2. The van der Waals surface area contributed by atoms with Gasteiger partial charge in [-0.1, -0.05) is 30.3 Å². The highest BCUT2D eigenvalue weighted by Gasteiger charge is 2.30. The Bertz CT molecular complexity index is 922. The Morgan fingerprint density at radius 3 is 2.54 bits per heavy atom. The fraction of sp³-hybridized carbons (Fsp3) is 0.350. The first-order valence-electron chi connectivity index (χ1n) is 8.77. The van der Waals surface area contributed by atoms with E-state index < -0.39 is 10.0 Å². The zero-order valence-corrected chi connectivity index (χ0v) is 16.2. The minimum atomic E-state index is -3.57. The lowest BCUT2D eigenvalue weighted by molar-refractivity contribution is 0.0688. The van der Waals surface area contributed by atoms with Gasteiger partial charge in [-0.25, -0.2) is 12.7 Å². The number of amides is 1. The van der Waals surface area contributed by atoms with Crippen LogP contribution in [-0.4, -0.2) is 44.2 Å². The molecule has 0 heterocycles. The molecule has 138 valence electrons. The quantitative estimate of drug-likeness (QED) is 0.810. The highest BCUT2D eigenvalue weighted by molar-refractivity contribution is 7.89. The van der Waals surface area contributed by atoms with Crippen LogP contribution >= 0.6 is 0 Å². The first-order chi connectivity index (χ1) is 12.4. The molecule has 0 aromatic heterocycles. The number of benzene rings is 2. The largest absolute Gasteiger partial charge is 0.332 e. The monoisotopic (exact) mass is 372 g/mol. The molecule has 0 bridgehead atoms. The molecule has 0 aliphatic heterocycles. The zero-order chi connectivity index (χ0) is 18.9. The van der Waals surface area contributed by atoms with E-state index in [2.05, 4.69) is 12.1 Å². The van der Waals surface area contributed by atoms with Crippen LogP contribution in [0.5, 0.6) is 0 Å². The van der Waals surface area contributed by atoms with Crippen LogP contribution in [-0.2, 0) is 16.4 Å². The van der Waals surface area contributed by atoms with Crippen LogP contribution < -0.4 is 0 Å². The van der Waals surface area contributed by atoms with Crippen molar-refractivity contribution in [3.05, 3.63) is 65.2 Å². The van der Waals surface area contributed by atoms with Crippen LogP contribution in [0.15, 0.2) is 53.4 Å². The lowest BCUT2D eigenvalue weighted by Crippen LogP contribution is -2.34. The fourth-order valence-electron chi connectivity index (χ4n) is 3.53. The van der Waals surface area contributed by atoms with E-state index in [0.29, 0.717) is 12.1 Å². The second-order valence-corrected chi connectivity index (χ2v) is 8.81. The second kappa shape index (κ2) is 7.21. The predicted molar refractivity (Wildman–Crippen MR) is 102 cm³/mol. The summed E-state index contributed by atoms with van der Waals surface area (Å²) in [4.78, 5) is 15.1. The van der Waals surface area contributed by atoms with Crippen LogP contribution in [0.25, 0.3) is 0 Å². The fourth-order valence-corrected chi connectivity index (χ4v) is 4.48. The van der Waals surface area contributed by atoms with Crippen LogP contribution in [0.2, 0.25) is 0 Å². The van der Waals surface area contributed by atoms with Crippen molar-refractivity contribution in [3.8, 4) is 0 Å². The van der Waals surface area contributed by atoms with E-state index in [9.17, 15) is 13.2 Å². The van der Waals surface area contributed by atoms with Gasteiger partial charge in [0.15, 0.2) is 0 Å². The number of nitrogens with zero attached hydrogens (tertiary/aromatic N) is 2. The summed E-state index contributed by atoms with van der Waals surface area (Å²) in [6, 6.07) is 14.6. The molecule has 5 nitrogen and oxygen atoms in total. The Hall–Kier alpha value is -2.18. The number of sulfonamides is 1. The molecule has 1 amide bonds. The molecule has 1 atom stereocenters. The molecule has 0 radical (unpaired) electrons. The summed E-state index contributed by atoms with van der Waals surface area (Å²) in [5, 5.41) is 0. The third kappa shape index (κ3) is 3.27. The summed E-state index contributed by atoms with van der Waals surface area (Å²) in [5.41, 5.74) is 2.88. The minimum Gasteiger partial charge on any atom is -0.332 e. The highest BCUT2D eigenvalue weighted by Crippen LogP contribution is 2.36. The lowest BCUT2D eigenvalue weighted by Gasteiger charge is -2.29. The summed E-state index contributed by atoms with van der Waals surface area (Å²) in [7, 11) is -0.603. The maximum Gasteiger partial charge on any atom is 0.254 e. The summed E-state index contributed by atoms with van der Waals surface area (Å²) in [6.07, 6.45) is 1.86. The van der Waals surface area contributed by atoms with Gasteiger partial charge in [0.2, 0.25) is 10.0 Å². The molecule has 0 fully saturated rings. The minimum absolute atomic E-state index is 0.0396. The molecular formula is C20H24N2O3S. The van der Waals surface area contributed by atoms with Gasteiger partial charge in [0.05, 0.1) is 10.9 Å². The smallest absolute Gasteiger partial charge is 0.254 e. The SMILES string of the molecule is CCN(C(=O)c1cccc(S(=O)(=O)N(C)C)c1)C1CCc2ccccc21. The van der Waals surface area contributed by atoms with Crippen molar-refractivity contribution in [1.82, 2.24) is 9.21 Å². The van der Waals surface area contributed by atoms with Gasteiger partial charge in [-0.15, -0.1) is 0 Å². The van der Waals surface area contributed by atoms with Gasteiger partial charge >= 0.3 is 0 Å². The molecular weight excluding hydrogens is 348 g/mol. The Morgan fingerprint density at radius 1 is 1.12 bits per heavy atom. The van der Waals surface area contributed by atoms with E-state index >= 15 is 0 Å². The molecule has 0 saturated carbocycles. The molecule has 2 aromatic carbocycles. The molecule has 3 rings (SSSR count). The number of hydrogen-bond donors (Lipinski definition) is 0. The summed E-state index contributed by atoms with van der Waals surface area (Å²) >= 11 is 0. The average Bonchev–Trinajstić information content (AvgIpc) is 3.06. The highest BCUT2D eigenvalue weighted by atomic mass is 32.2. The van der Waals surface area contributed by atoms with Crippen molar-refractivity contribution < 1.29 is 13.2 Å². The standard InChI is InChI=1S/C20H24N2O3S/c1-4-22(19-13-12-15-8-5-6-11-18(15)19)20(23)16-9-7-10-17(14-16)26(24,25)21(2)3/h5-11,14,19H,4,12-13H2,1-3H3. The number of hydrogen-bond acceptors (Lipinski definition) is 3. The van der Waals surface area contributed by atoms with Crippen molar-refractivity contribution in [1.29, 1.82) is 0 Å². The number of fused-ring (bicyclic) bond motifs is 1. The van der Waals surface area contributed by atoms with Gasteiger partial charge in [0.1, 0.15) is 0 Å². The van der Waals surface area contributed by atoms with Crippen molar-refractivity contribution >= 4 is 15.9 Å². The van der Waals surface area contributed by atoms with Crippen LogP contribution in [0.3, 0.4) is 0 Å². The number of aryl methyl sites for hydroxylation is 1. The van der Waals surface area contributed by atoms with Crippen molar-refractivity contribution in [2.75, 3.05) is 20.6 Å². The van der Waals surface area contributed by atoms with Crippen LogP contribution in [0, 0.1) is 0 Å². The number of rotatable bonds is 5. The maximum atomic E-state index is 13.1. The molecule has 1 aliphatic rings. The normalized spacial score (nSPS) is 16.5. The molecule has 0 saturated heterocycles. The van der Waals surface area contributed by atoms with Crippen molar-refractivity contribution in [3.63, 3.8) is 0 Å². The van der Waals surface area contributed by atoms with E-state index in [0.717, 1.165) is 17.1 Å². The third-order valence-corrected chi connectivity index (χ3v) is 6.75. The molecule has 1 unspecified atom stereocenters. The topological polar surface area (TPSA) is 57.7 Å². The molecule has 0 N–H and O–H groups in total. The Balaban J connectivity index is 1.94. The molecule has 2 aromatic rings. The first kappa shape index (κ1) is 18.6. The number of carbonyl (C=O) groups excluding carboxylic acids is 1. The third-order valence-electron chi connectivity index (χ3n) is 4.94. The van der Waals surface area contributed by atoms with Gasteiger partial charge in [0.25, 0.3) is 5.91 Å². The Kier molecular flexibility index (Phi) is 5.16. The Morgan fingerprint density at radius 2 is 1.85 bits per heavy atom. The molecule has 6 heteroatoms. The number of carbonyl (C=O) groups is 1. The van der Waals surface area contributed by atoms with E-state index in [-0.39, 0.29) is 16.8 Å².